The smallest absolute Gasteiger partial charge is 0.750 e. The van der Waals surface area contributed by atoms with E-state index in [0.717, 1.165) is 0 Å². The largest absolute Gasteiger partial charge is 1.00 e. The van der Waals surface area contributed by atoms with Crippen molar-refractivity contribution in [1.29, 1.82) is 0 Å². The Bertz CT molecular complexity index is 99.3. The molecule has 4 nitrogen and oxygen atoms in total. The molecule has 0 aromatic heterocycles. The van der Waals surface area contributed by atoms with Crippen LogP contribution in [0.5, 0.6) is 0 Å². The van der Waals surface area contributed by atoms with Gasteiger partial charge in [-0.2, -0.15) is 0 Å². The molecule has 0 saturated heterocycles. The van der Waals surface area contributed by atoms with Crippen LogP contribution >= 0.6 is 0 Å². The molecular formula is C4H9KO4S. The minimum absolute atomic E-state index is 0. The molecule has 0 rings (SSSR count). The van der Waals surface area contributed by atoms with E-state index in [9.17, 15) is 8.76 Å². The van der Waals surface area contributed by atoms with Gasteiger partial charge in [0.25, 0.3) is 0 Å². The van der Waals surface area contributed by atoms with E-state index in [0.29, 0.717) is 12.8 Å². The van der Waals surface area contributed by atoms with Gasteiger partial charge in [0.1, 0.15) is 0 Å². The standard InChI is InChI=1S/C4H10O4S.K/c1-2-3-4(5)8-9(6)7;/h4-5H,2-3H2,1H3,(H,6,7);/q;+1/p-1. The second kappa shape index (κ2) is 8.76. The van der Waals surface area contributed by atoms with Gasteiger partial charge in [-0.3, -0.25) is 4.18 Å². The van der Waals surface area contributed by atoms with Crippen LogP contribution in [0.15, 0.2) is 0 Å². The maximum atomic E-state index is 9.70. The molecule has 2 atom stereocenters. The minimum Gasteiger partial charge on any atom is -0.750 e. The first-order chi connectivity index (χ1) is 4.16. The summed E-state index contributed by atoms with van der Waals surface area (Å²) in [4.78, 5) is 0. The van der Waals surface area contributed by atoms with Crippen molar-refractivity contribution in [3.8, 4) is 0 Å². The predicted molar refractivity (Wildman–Crippen MR) is 30.9 cm³/mol. The van der Waals surface area contributed by atoms with Gasteiger partial charge in [0, 0.05) is 0 Å². The van der Waals surface area contributed by atoms with Crippen LogP contribution in [0.25, 0.3) is 0 Å². The Labute approximate surface area is 105 Å². The van der Waals surface area contributed by atoms with E-state index < -0.39 is 17.7 Å². The van der Waals surface area contributed by atoms with Crippen LogP contribution in [0.4, 0.5) is 0 Å². The van der Waals surface area contributed by atoms with Crippen LogP contribution in [0.3, 0.4) is 0 Å². The zero-order valence-corrected chi connectivity index (χ0v) is 10.0. The molecular weight excluding hydrogens is 183 g/mol. The second-order valence-corrected chi connectivity index (χ2v) is 2.14. The monoisotopic (exact) mass is 192 g/mol. The Morgan fingerprint density at radius 1 is 1.80 bits per heavy atom. The maximum absolute atomic E-state index is 9.70. The Morgan fingerprint density at radius 2 is 2.30 bits per heavy atom. The van der Waals surface area contributed by atoms with E-state index in [1.54, 1.807) is 0 Å². The Hall–Kier alpha value is 1.67. The molecule has 1 N–H and O–H groups in total. The molecule has 0 aliphatic rings. The van der Waals surface area contributed by atoms with Crippen molar-refractivity contribution < 1.29 is 69.4 Å². The molecule has 0 bridgehead atoms. The van der Waals surface area contributed by atoms with Crippen LogP contribution in [0.1, 0.15) is 19.8 Å². The summed E-state index contributed by atoms with van der Waals surface area (Å²) in [6.45, 7) is 1.82. The molecule has 0 fully saturated rings. The van der Waals surface area contributed by atoms with Gasteiger partial charge in [-0.25, -0.2) is 4.21 Å². The number of rotatable bonds is 4. The molecule has 0 aliphatic heterocycles. The first kappa shape index (κ1) is 14.2. The van der Waals surface area contributed by atoms with Crippen molar-refractivity contribution in [2.24, 2.45) is 0 Å². The molecule has 0 amide bonds. The van der Waals surface area contributed by atoms with E-state index in [4.69, 9.17) is 5.11 Å². The summed E-state index contributed by atoms with van der Waals surface area (Å²) in [5, 5.41) is 8.60. The third kappa shape index (κ3) is 9.67. The first-order valence-corrected chi connectivity index (χ1v) is 3.61. The summed E-state index contributed by atoms with van der Waals surface area (Å²) in [7, 11) is 0. The molecule has 0 aromatic rings. The van der Waals surface area contributed by atoms with Gasteiger partial charge in [0.2, 0.25) is 0 Å². The fraction of sp³-hybridized carbons (Fsp3) is 1.00. The van der Waals surface area contributed by atoms with E-state index >= 15 is 0 Å². The van der Waals surface area contributed by atoms with Gasteiger partial charge < -0.3 is 9.66 Å². The van der Waals surface area contributed by atoms with Gasteiger partial charge in [-0.15, -0.1) is 0 Å². The van der Waals surface area contributed by atoms with Crippen molar-refractivity contribution in [3.63, 3.8) is 0 Å². The van der Waals surface area contributed by atoms with Gasteiger partial charge in [0.05, 0.1) is 11.4 Å². The Balaban J connectivity index is 0. The quantitative estimate of drug-likeness (QED) is 0.291. The molecule has 0 aliphatic carbocycles. The van der Waals surface area contributed by atoms with Crippen LogP contribution in [-0.2, 0) is 15.5 Å². The number of aliphatic hydroxyl groups excluding tert-OH is 1. The fourth-order valence-corrected chi connectivity index (χ4v) is 0.663. The predicted octanol–water partition coefficient (Wildman–Crippen LogP) is -3.08. The van der Waals surface area contributed by atoms with Crippen LogP contribution < -0.4 is 51.4 Å². The molecule has 0 radical (unpaired) electrons. The van der Waals surface area contributed by atoms with Crippen molar-refractivity contribution in [2.75, 3.05) is 0 Å². The third-order valence-electron chi connectivity index (χ3n) is 0.725. The molecule has 2 unspecified atom stereocenters. The molecule has 0 aromatic carbocycles. The molecule has 56 valence electrons. The summed E-state index contributed by atoms with van der Waals surface area (Å²) < 4.78 is 23.4. The SMILES string of the molecule is CCCC(O)OS(=O)[O-].[K+]. The maximum Gasteiger partial charge on any atom is 1.00 e. The van der Waals surface area contributed by atoms with Crippen LogP contribution in [0, 0.1) is 0 Å². The number of hydrogen-bond acceptors (Lipinski definition) is 4. The average molecular weight is 192 g/mol. The first-order valence-electron chi connectivity index (χ1n) is 2.61. The van der Waals surface area contributed by atoms with Crippen molar-refractivity contribution in [3.05, 3.63) is 0 Å². The van der Waals surface area contributed by atoms with Crippen LogP contribution in [0.2, 0.25) is 0 Å². The normalized spacial score (nSPS) is 15.5. The van der Waals surface area contributed by atoms with Crippen molar-refractivity contribution in [1.82, 2.24) is 0 Å². The minimum atomic E-state index is -2.60. The van der Waals surface area contributed by atoms with Gasteiger partial charge >= 0.3 is 51.4 Å². The van der Waals surface area contributed by atoms with Gasteiger partial charge in [-0.05, 0) is 6.42 Å². The molecule has 0 saturated carbocycles. The summed E-state index contributed by atoms with van der Waals surface area (Å²) in [5.74, 6) is 0. The summed E-state index contributed by atoms with van der Waals surface area (Å²) in [6, 6.07) is 0. The van der Waals surface area contributed by atoms with E-state index in [1.165, 1.54) is 0 Å². The third-order valence-corrected chi connectivity index (χ3v) is 1.10. The topological polar surface area (TPSA) is 69.6 Å². The second-order valence-electron chi connectivity index (χ2n) is 1.54. The Kier molecular flexibility index (Phi) is 12.4. The van der Waals surface area contributed by atoms with Gasteiger partial charge in [0.15, 0.2) is 6.29 Å². The zero-order chi connectivity index (χ0) is 7.28. The summed E-state index contributed by atoms with van der Waals surface area (Å²) in [5.41, 5.74) is 0. The molecule has 0 spiro atoms. The van der Waals surface area contributed by atoms with Crippen molar-refractivity contribution >= 4 is 11.4 Å². The van der Waals surface area contributed by atoms with Gasteiger partial charge in [-0.1, -0.05) is 13.3 Å². The molecule has 6 heteroatoms. The van der Waals surface area contributed by atoms with Crippen LogP contribution in [-0.4, -0.2) is 20.2 Å². The Morgan fingerprint density at radius 3 is 2.60 bits per heavy atom. The van der Waals surface area contributed by atoms with Crippen molar-refractivity contribution in [2.45, 2.75) is 26.1 Å². The summed E-state index contributed by atoms with van der Waals surface area (Å²) in [6.07, 6.45) is -0.139. The van der Waals surface area contributed by atoms with E-state index in [-0.39, 0.29) is 51.4 Å². The van der Waals surface area contributed by atoms with E-state index in [2.05, 4.69) is 4.18 Å². The average Bonchev–Trinajstić information content (AvgIpc) is 1.63. The summed E-state index contributed by atoms with van der Waals surface area (Å²) >= 11 is -2.60. The molecule has 10 heavy (non-hydrogen) atoms. The zero-order valence-electron chi connectivity index (χ0n) is 6.07. The fourth-order valence-electron chi connectivity index (χ4n) is 0.386. The molecule has 0 heterocycles. The number of hydrogen-bond donors (Lipinski definition) is 1. The number of aliphatic hydroxyl groups is 1. The van der Waals surface area contributed by atoms with E-state index in [1.807, 2.05) is 6.92 Å².